The predicted octanol–water partition coefficient (Wildman–Crippen LogP) is 6.07. The van der Waals surface area contributed by atoms with Gasteiger partial charge < -0.3 is 10.2 Å². The average Bonchev–Trinajstić information content (AvgIpc) is 2.86. The summed E-state index contributed by atoms with van der Waals surface area (Å²) in [4.78, 5) is 27.2. The zero-order valence-corrected chi connectivity index (χ0v) is 21.9. The Kier molecular flexibility index (Phi) is 12.9. The lowest BCUT2D eigenvalue weighted by atomic mass is 9.89. The number of nitro benzene ring substituents is 1. The van der Waals surface area contributed by atoms with E-state index in [-0.39, 0.29) is 22.4 Å². The summed E-state index contributed by atoms with van der Waals surface area (Å²) in [6.45, 7) is 1.59. The summed E-state index contributed by atoms with van der Waals surface area (Å²) in [5, 5.41) is 14.5. The fourth-order valence-corrected chi connectivity index (χ4v) is 4.73. The lowest BCUT2D eigenvalue weighted by molar-refractivity contribution is -0.384. The minimum atomic E-state index is -0.388. The fraction of sp³-hybridized carbons (Fsp3) is 0.480. The van der Waals surface area contributed by atoms with Gasteiger partial charge in [-0.1, -0.05) is 37.5 Å². The summed E-state index contributed by atoms with van der Waals surface area (Å²) in [5.41, 5.74) is 0.545. The first-order chi connectivity index (χ1) is 16.4. The van der Waals surface area contributed by atoms with Crippen LogP contribution >= 0.6 is 23.7 Å². The highest BCUT2D eigenvalue weighted by atomic mass is 32.2. The number of carbonyl (C=O) groups excluding carboxylic acids is 1. The Morgan fingerprint density at radius 2 is 1.79 bits per heavy atom. The Labute approximate surface area is 211 Å². The van der Waals surface area contributed by atoms with Crippen LogP contribution in [0.4, 0.5) is 11.4 Å². The molecule has 0 aromatic heterocycles. The van der Waals surface area contributed by atoms with Gasteiger partial charge in [0.15, 0.2) is 0 Å². The summed E-state index contributed by atoms with van der Waals surface area (Å²) in [5.74, 6) is 0.104. The minimum absolute atomic E-state index is 0.0308. The second-order valence-electron chi connectivity index (χ2n) is 8.44. The second kappa shape index (κ2) is 15.6. The number of thioether (sulfide) groups is 1. The molecule has 1 saturated carbocycles. The van der Waals surface area contributed by atoms with Crippen molar-refractivity contribution < 1.29 is 9.72 Å². The first kappa shape index (κ1) is 28.0. The molecule has 3 rings (SSSR count). The number of hydrogen-bond acceptors (Lipinski definition) is 7. The number of hydrogen-bond donors (Lipinski definition) is 2. The summed E-state index contributed by atoms with van der Waals surface area (Å²) in [6, 6.07) is 15.4. The van der Waals surface area contributed by atoms with E-state index < -0.39 is 0 Å². The van der Waals surface area contributed by atoms with E-state index in [2.05, 4.69) is 33.3 Å². The van der Waals surface area contributed by atoms with Crippen LogP contribution in [-0.4, -0.2) is 49.2 Å². The number of anilines is 1. The van der Waals surface area contributed by atoms with Gasteiger partial charge in [-0.3, -0.25) is 19.6 Å². The molecule has 1 amide bonds. The molecule has 34 heavy (non-hydrogen) atoms. The van der Waals surface area contributed by atoms with Crippen LogP contribution < -0.4 is 10.0 Å². The van der Waals surface area contributed by atoms with Crippen LogP contribution in [0, 0.1) is 16.0 Å². The zero-order valence-electron chi connectivity index (χ0n) is 20.3. The third-order valence-corrected chi connectivity index (χ3v) is 7.02. The SMILES string of the molecule is CN(C)CCCNc1ccc(SNC(=O)C2CCCCC2)cc1[N+](=O)[O-].CSc1ccccc1. The predicted molar refractivity (Wildman–Crippen MR) is 144 cm³/mol. The van der Waals surface area contributed by atoms with Crippen LogP contribution in [0.1, 0.15) is 38.5 Å². The lowest BCUT2D eigenvalue weighted by Crippen LogP contribution is -2.27. The van der Waals surface area contributed by atoms with Gasteiger partial charge in [-0.25, -0.2) is 0 Å². The molecule has 2 N–H and O–H groups in total. The van der Waals surface area contributed by atoms with Crippen molar-refractivity contribution in [3.8, 4) is 0 Å². The number of rotatable bonds is 10. The monoisotopic (exact) mass is 504 g/mol. The van der Waals surface area contributed by atoms with Gasteiger partial charge in [-0.15, -0.1) is 11.8 Å². The Balaban J connectivity index is 0.000000430. The molecule has 1 fully saturated rings. The fourth-order valence-electron chi connectivity index (χ4n) is 3.61. The van der Waals surface area contributed by atoms with Gasteiger partial charge in [-0.05, 0) is 82.4 Å². The highest BCUT2D eigenvalue weighted by Crippen LogP contribution is 2.30. The van der Waals surface area contributed by atoms with E-state index in [0.717, 1.165) is 50.6 Å². The molecule has 0 saturated heterocycles. The van der Waals surface area contributed by atoms with Crippen LogP contribution in [0.25, 0.3) is 0 Å². The maximum absolute atomic E-state index is 12.2. The van der Waals surface area contributed by atoms with Gasteiger partial charge in [0.2, 0.25) is 5.91 Å². The van der Waals surface area contributed by atoms with Crippen molar-refractivity contribution in [2.45, 2.75) is 48.3 Å². The number of nitro groups is 1. The molecule has 1 aliphatic carbocycles. The molecule has 0 spiro atoms. The van der Waals surface area contributed by atoms with Gasteiger partial charge in [0.1, 0.15) is 5.69 Å². The van der Waals surface area contributed by atoms with E-state index in [1.807, 2.05) is 32.3 Å². The van der Waals surface area contributed by atoms with Gasteiger partial charge in [0.05, 0.1) is 4.92 Å². The molecule has 9 heteroatoms. The first-order valence-electron chi connectivity index (χ1n) is 11.6. The molecule has 186 valence electrons. The van der Waals surface area contributed by atoms with Crippen LogP contribution in [0.15, 0.2) is 58.3 Å². The largest absolute Gasteiger partial charge is 0.379 e. The number of carbonyl (C=O) groups is 1. The van der Waals surface area contributed by atoms with Crippen molar-refractivity contribution in [1.82, 2.24) is 9.62 Å². The Bertz CT molecular complexity index is 891. The van der Waals surface area contributed by atoms with Crippen LogP contribution in [-0.2, 0) is 4.79 Å². The smallest absolute Gasteiger partial charge is 0.293 e. The highest BCUT2D eigenvalue weighted by Gasteiger charge is 2.21. The number of nitrogens with one attached hydrogen (secondary N) is 2. The molecular formula is C25H36N4O3S2. The van der Waals surface area contributed by atoms with Gasteiger partial charge >= 0.3 is 0 Å². The lowest BCUT2D eigenvalue weighted by Gasteiger charge is -2.20. The molecule has 7 nitrogen and oxygen atoms in total. The van der Waals surface area contributed by atoms with E-state index in [9.17, 15) is 14.9 Å². The number of amides is 1. The third kappa shape index (κ3) is 10.4. The molecule has 0 unspecified atom stereocenters. The van der Waals surface area contributed by atoms with E-state index in [0.29, 0.717) is 17.1 Å². The van der Waals surface area contributed by atoms with E-state index >= 15 is 0 Å². The number of nitrogens with zero attached hydrogens (tertiary/aromatic N) is 2. The van der Waals surface area contributed by atoms with Gasteiger partial charge in [0.25, 0.3) is 5.69 Å². The van der Waals surface area contributed by atoms with E-state index in [4.69, 9.17) is 0 Å². The van der Waals surface area contributed by atoms with Crippen molar-refractivity contribution in [3.05, 3.63) is 58.6 Å². The quantitative estimate of drug-likeness (QED) is 0.133. The molecular weight excluding hydrogens is 468 g/mol. The Hall–Kier alpha value is -2.23. The number of benzene rings is 2. The van der Waals surface area contributed by atoms with Crippen LogP contribution in [0.2, 0.25) is 0 Å². The van der Waals surface area contributed by atoms with Crippen molar-refractivity contribution in [2.75, 3.05) is 38.8 Å². The topological polar surface area (TPSA) is 87.5 Å². The molecule has 0 radical (unpaired) electrons. The van der Waals surface area contributed by atoms with Gasteiger partial charge in [0, 0.05) is 28.3 Å². The molecule has 2 aromatic carbocycles. The van der Waals surface area contributed by atoms with Crippen molar-refractivity contribution in [3.63, 3.8) is 0 Å². The van der Waals surface area contributed by atoms with Crippen LogP contribution in [0.5, 0.6) is 0 Å². The van der Waals surface area contributed by atoms with Gasteiger partial charge in [-0.2, -0.15) is 0 Å². The summed E-state index contributed by atoms with van der Waals surface area (Å²) in [6.07, 6.45) is 8.25. The van der Waals surface area contributed by atoms with Crippen molar-refractivity contribution >= 4 is 41.0 Å². The summed E-state index contributed by atoms with van der Waals surface area (Å²) < 4.78 is 2.85. The molecule has 0 heterocycles. The second-order valence-corrected chi connectivity index (χ2v) is 10.2. The van der Waals surface area contributed by atoms with E-state index in [1.165, 1.54) is 17.4 Å². The van der Waals surface area contributed by atoms with Crippen molar-refractivity contribution in [1.29, 1.82) is 0 Å². The zero-order chi connectivity index (χ0) is 24.8. The standard InChI is InChI=1S/C18H28N4O3S.C7H8S/c1-21(2)12-6-11-19-16-10-9-15(13-17(16)22(24)25)26-20-18(23)14-7-4-3-5-8-14;1-8-7-5-3-2-4-6-7/h9-10,13-14,19H,3-8,11-12H2,1-2H3,(H,20,23);2-6H,1H3. The van der Waals surface area contributed by atoms with Crippen molar-refractivity contribution in [2.24, 2.45) is 5.92 Å². The minimum Gasteiger partial charge on any atom is -0.379 e. The van der Waals surface area contributed by atoms with Crippen LogP contribution in [0.3, 0.4) is 0 Å². The summed E-state index contributed by atoms with van der Waals surface area (Å²) >= 11 is 2.93. The Morgan fingerprint density at radius 1 is 1.09 bits per heavy atom. The normalized spacial score (nSPS) is 13.6. The average molecular weight is 505 g/mol. The molecule has 2 aromatic rings. The highest BCUT2D eigenvalue weighted by molar-refractivity contribution is 7.98. The maximum Gasteiger partial charge on any atom is 0.293 e. The van der Waals surface area contributed by atoms with E-state index in [1.54, 1.807) is 23.9 Å². The summed E-state index contributed by atoms with van der Waals surface area (Å²) in [7, 11) is 3.99. The molecule has 1 aliphatic rings. The molecule has 0 bridgehead atoms. The molecule has 0 aliphatic heterocycles. The Morgan fingerprint density at radius 3 is 2.38 bits per heavy atom. The first-order valence-corrected chi connectivity index (χ1v) is 13.7. The third-order valence-electron chi connectivity index (χ3n) is 5.49. The maximum atomic E-state index is 12.2. The molecule has 0 atom stereocenters.